The lowest BCUT2D eigenvalue weighted by Gasteiger charge is -2.55. The third-order valence-electron chi connectivity index (χ3n) is 7.26. The lowest BCUT2D eigenvalue weighted by Crippen LogP contribution is -2.75. The number of barbiturate groups is 1. The van der Waals surface area contributed by atoms with E-state index in [0.717, 1.165) is 11.8 Å². The van der Waals surface area contributed by atoms with Gasteiger partial charge in [-0.3, -0.25) is 29.9 Å². The first-order valence-corrected chi connectivity index (χ1v) is 12.3. The van der Waals surface area contributed by atoms with Crippen LogP contribution in [0.1, 0.15) is 26.3 Å². The summed E-state index contributed by atoms with van der Waals surface area (Å²) >= 11 is 1.14. The van der Waals surface area contributed by atoms with Crippen molar-refractivity contribution in [3.05, 3.63) is 17.4 Å². The molecular weight excluding hydrogens is 481 g/mol. The van der Waals surface area contributed by atoms with Crippen LogP contribution in [0.3, 0.4) is 0 Å². The van der Waals surface area contributed by atoms with E-state index >= 15 is 4.39 Å². The third kappa shape index (κ3) is 2.91. The molecule has 4 aliphatic rings. The summed E-state index contributed by atoms with van der Waals surface area (Å²) in [7, 11) is 0. The van der Waals surface area contributed by atoms with E-state index in [9.17, 15) is 19.2 Å². The van der Waals surface area contributed by atoms with Crippen LogP contribution in [-0.4, -0.2) is 64.8 Å². The molecule has 5 heterocycles. The second-order valence-corrected chi connectivity index (χ2v) is 10.5. The second-order valence-electron chi connectivity index (χ2n) is 9.51. The Hall–Kier alpha value is -3.19. The number of carbonyl (C=O) groups excluding carboxylic acids is 4. The van der Waals surface area contributed by atoms with Gasteiger partial charge in [-0.2, -0.15) is 0 Å². The molecule has 184 valence electrons. The highest BCUT2D eigenvalue weighted by molar-refractivity contribution is 8.14. The van der Waals surface area contributed by atoms with Crippen LogP contribution in [0.5, 0.6) is 0 Å². The number of carbonyl (C=O) groups is 4. The summed E-state index contributed by atoms with van der Waals surface area (Å²) in [6.45, 7) is 5.61. The SMILES string of the molecule is C[C@@H]1CN2c3c(cc4c(N5C(=O)SC[C@@H]5C)noc4c3F)CC3(C(=O)NC(=O)NC3=O)[C@H]2[C@H](C)O1. The van der Waals surface area contributed by atoms with Gasteiger partial charge in [0, 0.05) is 24.8 Å². The first-order valence-electron chi connectivity index (χ1n) is 11.3. The van der Waals surface area contributed by atoms with Gasteiger partial charge in [-0.15, -0.1) is 0 Å². The van der Waals surface area contributed by atoms with Crippen molar-refractivity contribution >= 4 is 57.3 Å². The maximum Gasteiger partial charge on any atom is 0.328 e. The van der Waals surface area contributed by atoms with Gasteiger partial charge in [0.15, 0.2) is 17.1 Å². The van der Waals surface area contributed by atoms with Gasteiger partial charge < -0.3 is 14.2 Å². The molecular formula is C22H22FN5O6S. The lowest BCUT2D eigenvalue weighted by atomic mass is 9.66. The quantitative estimate of drug-likeness (QED) is 0.560. The molecule has 3 saturated heterocycles. The van der Waals surface area contributed by atoms with Crippen molar-refractivity contribution in [3.8, 4) is 0 Å². The molecule has 0 unspecified atom stereocenters. The first kappa shape index (κ1) is 22.3. The first-order chi connectivity index (χ1) is 16.6. The van der Waals surface area contributed by atoms with E-state index in [1.807, 2.05) is 13.8 Å². The minimum Gasteiger partial charge on any atom is -0.372 e. The van der Waals surface area contributed by atoms with Gasteiger partial charge in [0.1, 0.15) is 0 Å². The van der Waals surface area contributed by atoms with Crippen LogP contribution in [0.2, 0.25) is 0 Å². The van der Waals surface area contributed by atoms with Crippen LogP contribution >= 0.6 is 11.8 Å². The second kappa shape index (κ2) is 7.40. The number of amides is 5. The average molecular weight is 504 g/mol. The fraction of sp³-hybridized carbons (Fsp3) is 0.500. The zero-order valence-electron chi connectivity index (χ0n) is 19.1. The molecule has 1 spiro atoms. The zero-order valence-corrected chi connectivity index (χ0v) is 19.9. The van der Waals surface area contributed by atoms with E-state index in [1.54, 1.807) is 17.9 Å². The number of halogens is 1. The van der Waals surface area contributed by atoms with E-state index < -0.39 is 41.2 Å². The Bertz CT molecular complexity index is 1310. The molecule has 1 aromatic heterocycles. The summed E-state index contributed by atoms with van der Waals surface area (Å²) in [4.78, 5) is 54.0. The Labute approximate surface area is 202 Å². The van der Waals surface area contributed by atoms with E-state index in [0.29, 0.717) is 11.3 Å². The fourth-order valence-electron chi connectivity index (χ4n) is 5.92. The summed E-state index contributed by atoms with van der Waals surface area (Å²) in [5, 5.41) is 8.49. The van der Waals surface area contributed by atoms with E-state index in [2.05, 4.69) is 15.8 Å². The molecule has 5 amide bonds. The molecule has 0 radical (unpaired) electrons. The smallest absolute Gasteiger partial charge is 0.328 e. The maximum atomic E-state index is 16.1. The Morgan fingerprint density at radius 2 is 1.89 bits per heavy atom. The molecule has 0 bridgehead atoms. The van der Waals surface area contributed by atoms with Crippen LogP contribution in [0.15, 0.2) is 10.6 Å². The predicted molar refractivity (Wildman–Crippen MR) is 123 cm³/mol. The van der Waals surface area contributed by atoms with Crippen molar-refractivity contribution in [3.63, 3.8) is 0 Å². The number of nitrogens with one attached hydrogen (secondary N) is 2. The van der Waals surface area contributed by atoms with Crippen molar-refractivity contribution in [2.45, 2.75) is 51.5 Å². The number of urea groups is 1. The number of nitrogens with zero attached hydrogens (tertiary/aromatic N) is 3. The molecule has 0 aliphatic carbocycles. The Morgan fingerprint density at radius 3 is 2.54 bits per heavy atom. The fourth-order valence-corrected chi connectivity index (χ4v) is 6.86. The van der Waals surface area contributed by atoms with Crippen molar-refractivity contribution in [1.29, 1.82) is 0 Å². The van der Waals surface area contributed by atoms with Gasteiger partial charge in [-0.05, 0) is 32.4 Å². The molecule has 6 rings (SSSR count). The van der Waals surface area contributed by atoms with Gasteiger partial charge >= 0.3 is 6.03 Å². The number of ether oxygens (including phenoxy) is 1. The molecule has 0 saturated carbocycles. The van der Waals surface area contributed by atoms with Gasteiger partial charge in [0.05, 0.1) is 29.3 Å². The minimum absolute atomic E-state index is 0.107. The van der Waals surface area contributed by atoms with Crippen LogP contribution in [0.4, 0.5) is 25.5 Å². The molecule has 13 heteroatoms. The van der Waals surface area contributed by atoms with Gasteiger partial charge in [0.25, 0.3) is 5.24 Å². The number of rotatable bonds is 1. The number of imide groups is 2. The number of hydrogen-bond acceptors (Lipinski definition) is 9. The number of aromatic nitrogens is 1. The van der Waals surface area contributed by atoms with E-state index in [1.165, 1.54) is 4.90 Å². The molecule has 4 aliphatic heterocycles. The standard InChI is InChI=1S/C22H22FN5O6S/c1-8-7-35-21(32)28(8)17-12-4-11-5-22(18(29)24-20(31)25-19(22)30)16-10(3)33-9(2)6-27(16)14(11)13(23)15(12)34-26-17/h4,8-10,16H,5-7H2,1-3H3,(H2,24,25,29,30,31)/t8-,9+,10-,16+/m0/s1. The van der Waals surface area contributed by atoms with Crippen molar-refractivity contribution in [1.82, 2.24) is 15.8 Å². The summed E-state index contributed by atoms with van der Waals surface area (Å²) in [5.41, 5.74) is -1.26. The molecule has 2 N–H and O–H groups in total. The number of fused-ring (bicyclic) bond motifs is 5. The summed E-state index contributed by atoms with van der Waals surface area (Å²) in [6.07, 6.45) is -1.12. The Morgan fingerprint density at radius 1 is 1.17 bits per heavy atom. The van der Waals surface area contributed by atoms with Crippen LogP contribution < -0.4 is 20.4 Å². The number of hydrogen-bond donors (Lipinski definition) is 2. The Balaban J connectivity index is 1.58. The average Bonchev–Trinajstić information content (AvgIpc) is 3.33. The summed E-state index contributed by atoms with van der Waals surface area (Å²) in [6, 6.07) is -0.312. The van der Waals surface area contributed by atoms with E-state index in [-0.39, 0.29) is 52.8 Å². The Kier molecular flexibility index (Phi) is 4.71. The maximum absolute atomic E-state index is 16.1. The molecule has 2 aromatic rings. The number of benzene rings is 1. The molecule has 11 nitrogen and oxygen atoms in total. The number of morpholine rings is 1. The van der Waals surface area contributed by atoms with Crippen LogP contribution in [0, 0.1) is 11.2 Å². The van der Waals surface area contributed by atoms with Gasteiger partial charge in [0.2, 0.25) is 17.4 Å². The number of thioether (sulfide) groups is 1. The highest BCUT2D eigenvalue weighted by Crippen LogP contribution is 2.50. The molecule has 35 heavy (non-hydrogen) atoms. The lowest BCUT2D eigenvalue weighted by molar-refractivity contribution is -0.153. The normalized spacial score (nSPS) is 29.9. The summed E-state index contributed by atoms with van der Waals surface area (Å²) < 4.78 is 27.4. The van der Waals surface area contributed by atoms with Crippen molar-refractivity contribution in [2.75, 3.05) is 22.1 Å². The largest absolute Gasteiger partial charge is 0.372 e. The highest BCUT2D eigenvalue weighted by atomic mass is 32.2. The highest BCUT2D eigenvalue weighted by Gasteiger charge is 2.63. The van der Waals surface area contributed by atoms with Gasteiger partial charge in [-0.1, -0.05) is 16.9 Å². The monoisotopic (exact) mass is 503 g/mol. The van der Waals surface area contributed by atoms with E-state index in [4.69, 9.17) is 9.26 Å². The predicted octanol–water partition coefficient (Wildman–Crippen LogP) is 1.92. The third-order valence-corrected chi connectivity index (χ3v) is 8.35. The molecule has 3 fully saturated rings. The topological polar surface area (TPSA) is 134 Å². The molecule has 1 aromatic carbocycles. The summed E-state index contributed by atoms with van der Waals surface area (Å²) in [5.74, 6) is -1.46. The van der Waals surface area contributed by atoms with Crippen LogP contribution in [0.25, 0.3) is 11.0 Å². The van der Waals surface area contributed by atoms with Crippen molar-refractivity contribution in [2.24, 2.45) is 5.41 Å². The zero-order chi connectivity index (χ0) is 24.8. The van der Waals surface area contributed by atoms with Gasteiger partial charge in [-0.25, -0.2) is 9.18 Å². The van der Waals surface area contributed by atoms with Crippen LogP contribution in [-0.2, 0) is 20.7 Å². The molecule has 4 atom stereocenters. The minimum atomic E-state index is -1.73. The number of anilines is 2. The van der Waals surface area contributed by atoms with Crippen molar-refractivity contribution < 1.29 is 32.8 Å².